The molecule has 100 valence electrons. The lowest BCUT2D eigenvalue weighted by atomic mass is 10.2. The monoisotopic (exact) mass is 272 g/mol. The summed E-state index contributed by atoms with van der Waals surface area (Å²) in [5, 5.41) is 0. The number of benzene rings is 1. The molecule has 0 spiro atoms. The average molecular weight is 272 g/mol. The zero-order valence-corrected chi connectivity index (χ0v) is 10.9. The molecule has 0 bridgehead atoms. The summed E-state index contributed by atoms with van der Waals surface area (Å²) in [6.45, 7) is 0. The van der Waals surface area contributed by atoms with Gasteiger partial charge in [0.15, 0.2) is 0 Å². The fourth-order valence-electron chi connectivity index (χ4n) is 1.43. The molecule has 0 aliphatic heterocycles. The Morgan fingerprint density at radius 3 is 2.39 bits per heavy atom. The minimum Gasteiger partial charge on any atom is -0.427 e. The highest BCUT2D eigenvalue weighted by atomic mass is 31.2. The lowest BCUT2D eigenvalue weighted by Gasteiger charge is -2.04. The minimum absolute atomic E-state index is 0.124. The molecule has 0 heterocycles. The van der Waals surface area contributed by atoms with Crippen molar-refractivity contribution >= 4 is 13.6 Å². The van der Waals surface area contributed by atoms with Gasteiger partial charge in [-0.1, -0.05) is 24.6 Å². The number of unbranched alkanes of at least 4 members (excludes halogenated alkanes) is 2. The van der Waals surface area contributed by atoms with Crippen LogP contribution in [0.15, 0.2) is 30.3 Å². The van der Waals surface area contributed by atoms with Gasteiger partial charge in [0.25, 0.3) is 0 Å². The van der Waals surface area contributed by atoms with E-state index < -0.39 is 7.60 Å². The quantitative estimate of drug-likeness (QED) is 0.344. The fourth-order valence-corrected chi connectivity index (χ4v) is 2.07. The Bertz CT molecular complexity index is 412. The van der Waals surface area contributed by atoms with E-state index in [9.17, 15) is 9.36 Å². The zero-order chi connectivity index (χ0) is 13.4. The number of esters is 1. The first-order chi connectivity index (χ1) is 8.47. The lowest BCUT2D eigenvalue weighted by Crippen LogP contribution is -2.07. The maximum absolute atomic E-state index is 11.4. The van der Waals surface area contributed by atoms with Gasteiger partial charge < -0.3 is 14.5 Å². The third-order valence-electron chi connectivity index (χ3n) is 2.31. The second-order valence-electron chi connectivity index (χ2n) is 3.99. The SMILES string of the molecule is O=C(CCCCCP(=O)(O)O)Oc1ccccc1. The number of hydrogen-bond acceptors (Lipinski definition) is 3. The van der Waals surface area contributed by atoms with Gasteiger partial charge in [0.1, 0.15) is 5.75 Å². The van der Waals surface area contributed by atoms with Crippen LogP contribution in [0.25, 0.3) is 0 Å². The molecule has 1 aromatic carbocycles. The van der Waals surface area contributed by atoms with E-state index in [1.54, 1.807) is 24.3 Å². The largest absolute Gasteiger partial charge is 0.427 e. The second-order valence-corrected chi connectivity index (χ2v) is 5.76. The summed E-state index contributed by atoms with van der Waals surface area (Å²) in [7, 11) is -3.90. The number of carbonyl (C=O) groups is 1. The Morgan fingerprint density at radius 1 is 1.11 bits per heavy atom. The van der Waals surface area contributed by atoms with Crippen LogP contribution in [0, 0.1) is 0 Å². The van der Waals surface area contributed by atoms with Crippen molar-refractivity contribution in [1.82, 2.24) is 0 Å². The van der Waals surface area contributed by atoms with Gasteiger partial charge in [-0.05, 0) is 25.0 Å². The van der Waals surface area contributed by atoms with Crippen molar-refractivity contribution in [3.05, 3.63) is 30.3 Å². The Morgan fingerprint density at radius 2 is 1.78 bits per heavy atom. The highest BCUT2D eigenvalue weighted by Crippen LogP contribution is 2.35. The smallest absolute Gasteiger partial charge is 0.325 e. The molecule has 0 aliphatic carbocycles. The fraction of sp³-hybridized carbons (Fsp3) is 0.417. The summed E-state index contributed by atoms with van der Waals surface area (Å²) in [5.41, 5.74) is 0. The summed E-state index contributed by atoms with van der Waals surface area (Å²) in [6, 6.07) is 8.79. The molecular formula is C12H17O5P. The molecule has 0 unspecified atom stereocenters. The van der Waals surface area contributed by atoms with E-state index in [-0.39, 0.29) is 18.6 Å². The van der Waals surface area contributed by atoms with Crippen LogP contribution >= 0.6 is 7.60 Å². The summed E-state index contributed by atoms with van der Waals surface area (Å²) >= 11 is 0. The molecule has 0 radical (unpaired) electrons. The molecule has 0 atom stereocenters. The van der Waals surface area contributed by atoms with Gasteiger partial charge >= 0.3 is 13.6 Å². The third-order valence-corrected chi connectivity index (χ3v) is 3.20. The van der Waals surface area contributed by atoms with Crippen LogP contribution in [-0.2, 0) is 9.36 Å². The topological polar surface area (TPSA) is 83.8 Å². The number of para-hydroxylation sites is 1. The second kappa shape index (κ2) is 7.31. The highest BCUT2D eigenvalue weighted by Gasteiger charge is 2.11. The van der Waals surface area contributed by atoms with Crippen LogP contribution in [0.4, 0.5) is 0 Å². The molecule has 0 saturated carbocycles. The van der Waals surface area contributed by atoms with E-state index in [0.717, 1.165) is 0 Å². The van der Waals surface area contributed by atoms with Gasteiger partial charge in [-0.3, -0.25) is 9.36 Å². The standard InChI is InChI=1S/C12H17O5P/c13-12(17-11-7-3-1-4-8-11)9-5-2-6-10-18(14,15)16/h1,3-4,7-8H,2,5-6,9-10H2,(H2,14,15,16). The molecule has 0 amide bonds. The van der Waals surface area contributed by atoms with Crippen molar-refractivity contribution in [1.29, 1.82) is 0 Å². The first kappa shape index (κ1) is 14.9. The molecule has 2 N–H and O–H groups in total. The van der Waals surface area contributed by atoms with Crippen molar-refractivity contribution in [3.8, 4) is 5.75 Å². The van der Waals surface area contributed by atoms with E-state index in [4.69, 9.17) is 14.5 Å². The Labute approximate surface area is 106 Å². The highest BCUT2D eigenvalue weighted by molar-refractivity contribution is 7.51. The summed E-state index contributed by atoms with van der Waals surface area (Å²) in [4.78, 5) is 28.7. The van der Waals surface area contributed by atoms with Crippen LogP contribution in [0.2, 0.25) is 0 Å². The summed E-state index contributed by atoms with van der Waals surface area (Å²) in [5.74, 6) is 0.190. The van der Waals surface area contributed by atoms with Gasteiger partial charge in [-0.15, -0.1) is 0 Å². The van der Waals surface area contributed by atoms with Crippen molar-refractivity contribution in [2.75, 3.05) is 6.16 Å². The number of hydrogen-bond donors (Lipinski definition) is 2. The summed E-state index contributed by atoms with van der Waals surface area (Å²) in [6.07, 6.45) is 1.74. The molecular weight excluding hydrogens is 255 g/mol. The maximum Gasteiger partial charge on any atom is 0.325 e. The van der Waals surface area contributed by atoms with Crippen LogP contribution < -0.4 is 4.74 Å². The summed E-state index contributed by atoms with van der Waals surface area (Å²) < 4.78 is 15.6. The molecule has 1 aromatic rings. The molecule has 6 heteroatoms. The molecule has 0 fully saturated rings. The van der Waals surface area contributed by atoms with E-state index in [1.807, 2.05) is 6.07 Å². The van der Waals surface area contributed by atoms with Crippen LogP contribution in [-0.4, -0.2) is 21.9 Å². The van der Waals surface area contributed by atoms with E-state index in [2.05, 4.69) is 0 Å². The zero-order valence-electron chi connectivity index (χ0n) is 9.99. The molecule has 1 rings (SSSR count). The van der Waals surface area contributed by atoms with Crippen LogP contribution in [0.3, 0.4) is 0 Å². The number of rotatable bonds is 7. The Hall–Kier alpha value is -1.16. The predicted octanol–water partition coefficient (Wildman–Crippen LogP) is 2.33. The average Bonchev–Trinajstić information content (AvgIpc) is 2.28. The normalized spacial score (nSPS) is 11.2. The van der Waals surface area contributed by atoms with E-state index >= 15 is 0 Å². The molecule has 18 heavy (non-hydrogen) atoms. The molecule has 0 saturated heterocycles. The van der Waals surface area contributed by atoms with Gasteiger partial charge in [-0.2, -0.15) is 0 Å². The van der Waals surface area contributed by atoms with Crippen LogP contribution in [0.1, 0.15) is 25.7 Å². The Balaban J connectivity index is 2.13. The molecule has 0 aromatic heterocycles. The van der Waals surface area contributed by atoms with Gasteiger partial charge in [0.05, 0.1) is 0 Å². The van der Waals surface area contributed by atoms with Crippen molar-refractivity contribution in [3.63, 3.8) is 0 Å². The molecule has 0 aliphatic rings. The van der Waals surface area contributed by atoms with E-state index in [0.29, 0.717) is 25.0 Å². The predicted molar refractivity (Wildman–Crippen MR) is 67.5 cm³/mol. The first-order valence-corrected chi connectivity index (χ1v) is 7.57. The third kappa shape index (κ3) is 7.22. The lowest BCUT2D eigenvalue weighted by molar-refractivity contribution is -0.134. The van der Waals surface area contributed by atoms with Crippen LogP contribution in [0.5, 0.6) is 5.75 Å². The van der Waals surface area contributed by atoms with Crippen molar-refractivity contribution in [2.24, 2.45) is 0 Å². The minimum atomic E-state index is -3.90. The van der Waals surface area contributed by atoms with Gasteiger partial charge in [0, 0.05) is 12.6 Å². The Kier molecular flexibility index (Phi) is 6.05. The van der Waals surface area contributed by atoms with Gasteiger partial charge in [-0.25, -0.2) is 0 Å². The number of carbonyl (C=O) groups excluding carboxylic acids is 1. The first-order valence-electron chi connectivity index (χ1n) is 5.78. The number of ether oxygens (including phenoxy) is 1. The van der Waals surface area contributed by atoms with Crippen molar-refractivity contribution in [2.45, 2.75) is 25.7 Å². The van der Waals surface area contributed by atoms with Crippen molar-refractivity contribution < 1.29 is 23.9 Å². The van der Waals surface area contributed by atoms with E-state index in [1.165, 1.54) is 0 Å². The molecule has 5 nitrogen and oxygen atoms in total. The van der Waals surface area contributed by atoms with Gasteiger partial charge in [0.2, 0.25) is 0 Å². The maximum atomic E-state index is 11.4.